The summed E-state index contributed by atoms with van der Waals surface area (Å²) < 4.78 is 0. The predicted octanol–water partition coefficient (Wildman–Crippen LogP) is 3.85. The second kappa shape index (κ2) is 6.21. The largest absolute Gasteiger partial charge is 0.312 e. The van der Waals surface area contributed by atoms with E-state index in [0.29, 0.717) is 12.0 Å². The zero-order chi connectivity index (χ0) is 13.7. The average molecular weight is 256 g/mol. The summed E-state index contributed by atoms with van der Waals surface area (Å²) in [5, 5.41) is 12.8. The lowest BCUT2D eigenvalue weighted by molar-refractivity contribution is 0.299. The highest BCUT2D eigenvalue weighted by Crippen LogP contribution is 2.33. The van der Waals surface area contributed by atoms with Gasteiger partial charge in [0.05, 0.1) is 11.5 Å². The van der Waals surface area contributed by atoms with E-state index in [0.717, 1.165) is 6.54 Å². The lowest BCUT2D eigenvalue weighted by Crippen LogP contribution is -2.41. The molecular formula is C17H24N2. The Hall–Kier alpha value is -1.33. The van der Waals surface area contributed by atoms with Crippen molar-refractivity contribution in [2.75, 3.05) is 6.54 Å². The molecule has 1 saturated carbocycles. The van der Waals surface area contributed by atoms with E-state index in [9.17, 15) is 0 Å². The monoisotopic (exact) mass is 256 g/mol. The standard InChI is InChI=1S/C17H24N2/c1-17(2,12-18)13-19-16-11-7-6-10-15(16)14-8-4-3-5-9-14/h3-5,8-9,15-16,19H,6-7,10-11,13H2,1-2H3. The van der Waals surface area contributed by atoms with Crippen LogP contribution in [0.1, 0.15) is 51.0 Å². The van der Waals surface area contributed by atoms with Gasteiger partial charge in [-0.1, -0.05) is 43.2 Å². The van der Waals surface area contributed by atoms with Crippen LogP contribution in [0.4, 0.5) is 0 Å². The van der Waals surface area contributed by atoms with Gasteiger partial charge in [-0.25, -0.2) is 0 Å². The van der Waals surface area contributed by atoms with Gasteiger partial charge in [-0.2, -0.15) is 5.26 Å². The van der Waals surface area contributed by atoms with Crippen LogP contribution in [0.25, 0.3) is 0 Å². The highest BCUT2D eigenvalue weighted by Gasteiger charge is 2.28. The Kier molecular flexibility index (Phi) is 4.61. The number of nitriles is 1. The van der Waals surface area contributed by atoms with Crippen LogP contribution in [-0.2, 0) is 0 Å². The van der Waals surface area contributed by atoms with Gasteiger partial charge in [-0.15, -0.1) is 0 Å². The van der Waals surface area contributed by atoms with Crippen LogP contribution in [0.2, 0.25) is 0 Å². The van der Waals surface area contributed by atoms with Crippen LogP contribution in [0.5, 0.6) is 0 Å². The fourth-order valence-corrected chi connectivity index (χ4v) is 2.90. The second-order valence-electron chi connectivity index (χ2n) is 6.28. The minimum atomic E-state index is -0.279. The summed E-state index contributed by atoms with van der Waals surface area (Å²) in [7, 11) is 0. The SMILES string of the molecule is CC(C)(C#N)CNC1CCCCC1c1ccccc1. The molecule has 19 heavy (non-hydrogen) atoms. The van der Waals surface area contributed by atoms with Crippen molar-refractivity contribution in [1.82, 2.24) is 5.32 Å². The van der Waals surface area contributed by atoms with Crippen molar-refractivity contribution in [3.8, 4) is 6.07 Å². The molecule has 0 spiro atoms. The van der Waals surface area contributed by atoms with Crippen LogP contribution < -0.4 is 5.32 Å². The topological polar surface area (TPSA) is 35.8 Å². The molecule has 0 amide bonds. The third-order valence-corrected chi connectivity index (χ3v) is 4.10. The van der Waals surface area contributed by atoms with E-state index >= 15 is 0 Å². The van der Waals surface area contributed by atoms with Gasteiger partial charge in [-0.3, -0.25) is 0 Å². The molecule has 2 atom stereocenters. The van der Waals surface area contributed by atoms with Gasteiger partial charge in [0.15, 0.2) is 0 Å². The lowest BCUT2D eigenvalue weighted by Gasteiger charge is -2.34. The Balaban J connectivity index is 2.03. The van der Waals surface area contributed by atoms with Crippen molar-refractivity contribution < 1.29 is 0 Å². The van der Waals surface area contributed by atoms with Gasteiger partial charge in [0.2, 0.25) is 0 Å². The molecule has 1 aromatic rings. The van der Waals surface area contributed by atoms with E-state index in [-0.39, 0.29) is 5.41 Å². The molecule has 0 aliphatic heterocycles. The Bertz CT molecular complexity index is 430. The molecule has 0 radical (unpaired) electrons. The molecule has 102 valence electrons. The number of nitrogens with zero attached hydrogens (tertiary/aromatic N) is 1. The summed E-state index contributed by atoms with van der Waals surface area (Å²) in [6, 6.07) is 13.7. The Morgan fingerprint density at radius 1 is 1.21 bits per heavy atom. The van der Waals surface area contributed by atoms with Gasteiger partial charge in [0, 0.05) is 12.6 Å². The second-order valence-corrected chi connectivity index (χ2v) is 6.28. The molecule has 1 N–H and O–H groups in total. The highest BCUT2D eigenvalue weighted by atomic mass is 14.9. The predicted molar refractivity (Wildman–Crippen MR) is 78.8 cm³/mol. The summed E-state index contributed by atoms with van der Waals surface area (Å²) in [5.74, 6) is 0.601. The Morgan fingerprint density at radius 2 is 1.89 bits per heavy atom. The lowest BCUT2D eigenvalue weighted by atomic mass is 9.79. The van der Waals surface area contributed by atoms with E-state index in [2.05, 4.69) is 41.7 Å². The first-order valence-electron chi connectivity index (χ1n) is 7.32. The molecular weight excluding hydrogens is 232 g/mol. The summed E-state index contributed by atoms with van der Waals surface area (Å²) in [6.45, 7) is 4.78. The first-order chi connectivity index (χ1) is 9.12. The molecule has 2 rings (SSSR count). The molecule has 2 nitrogen and oxygen atoms in total. The first kappa shape index (κ1) is 14.1. The Morgan fingerprint density at radius 3 is 2.58 bits per heavy atom. The quantitative estimate of drug-likeness (QED) is 0.888. The fraction of sp³-hybridized carbons (Fsp3) is 0.588. The average Bonchev–Trinajstić information content (AvgIpc) is 2.46. The number of hydrogen-bond acceptors (Lipinski definition) is 2. The van der Waals surface area contributed by atoms with E-state index in [4.69, 9.17) is 5.26 Å². The van der Waals surface area contributed by atoms with Crippen molar-refractivity contribution in [3.05, 3.63) is 35.9 Å². The van der Waals surface area contributed by atoms with Crippen molar-refractivity contribution in [2.24, 2.45) is 5.41 Å². The number of hydrogen-bond donors (Lipinski definition) is 1. The first-order valence-corrected chi connectivity index (χ1v) is 7.32. The van der Waals surface area contributed by atoms with Crippen molar-refractivity contribution >= 4 is 0 Å². The summed E-state index contributed by atoms with van der Waals surface area (Å²) >= 11 is 0. The van der Waals surface area contributed by atoms with Crippen molar-refractivity contribution in [3.63, 3.8) is 0 Å². The van der Waals surface area contributed by atoms with Crippen LogP contribution in [0.15, 0.2) is 30.3 Å². The smallest absolute Gasteiger partial charge is 0.0697 e. The van der Waals surface area contributed by atoms with Gasteiger partial charge in [-0.05, 0) is 38.2 Å². The number of rotatable bonds is 4. The molecule has 2 heteroatoms. The number of nitrogens with one attached hydrogen (secondary N) is 1. The van der Waals surface area contributed by atoms with E-state index < -0.39 is 0 Å². The van der Waals surface area contributed by atoms with Crippen molar-refractivity contribution in [1.29, 1.82) is 5.26 Å². The third-order valence-electron chi connectivity index (χ3n) is 4.10. The van der Waals surface area contributed by atoms with Crippen molar-refractivity contribution in [2.45, 2.75) is 51.5 Å². The van der Waals surface area contributed by atoms with Gasteiger partial charge >= 0.3 is 0 Å². The molecule has 1 aliphatic carbocycles. The molecule has 0 saturated heterocycles. The summed E-state index contributed by atoms with van der Waals surface area (Å²) in [6.07, 6.45) is 5.10. The Labute approximate surface area is 116 Å². The van der Waals surface area contributed by atoms with E-state index in [1.54, 1.807) is 0 Å². The van der Waals surface area contributed by atoms with Crippen LogP contribution in [-0.4, -0.2) is 12.6 Å². The zero-order valence-electron chi connectivity index (χ0n) is 12.0. The van der Waals surface area contributed by atoms with Crippen LogP contribution in [0, 0.1) is 16.7 Å². The molecule has 2 unspecified atom stereocenters. The third kappa shape index (κ3) is 3.81. The molecule has 0 heterocycles. The van der Waals surface area contributed by atoms with Gasteiger partial charge in [0.1, 0.15) is 0 Å². The molecule has 1 aromatic carbocycles. The molecule has 0 aromatic heterocycles. The highest BCUT2D eigenvalue weighted by molar-refractivity contribution is 5.22. The van der Waals surface area contributed by atoms with Crippen LogP contribution >= 0.6 is 0 Å². The minimum Gasteiger partial charge on any atom is -0.312 e. The summed E-state index contributed by atoms with van der Waals surface area (Å²) in [4.78, 5) is 0. The van der Waals surface area contributed by atoms with Crippen LogP contribution in [0.3, 0.4) is 0 Å². The normalized spacial score (nSPS) is 23.8. The molecule has 1 aliphatic rings. The zero-order valence-corrected chi connectivity index (χ0v) is 12.0. The number of benzene rings is 1. The fourth-order valence-electron chi connectivity index (χ4n) is 2.90. The maximum absolute atomic E-state index is 9.12. The molecule has 0 bridgehead atoms. The van der Waals surface area contributed by atoms with Gasteiger partial charge in [0.25, 0.3) is 0 Å². The van der Waals surface area contributed by atoms with E-state index in [1.165, 1.54) is 31.2 Å². The maximum atomic E-state index is 9.12. The summed E-state index contributed by atoms with van der Waals surface area (Å²) in [5.41, 5.74) is 1.16. The maximum Gasteiger partial charge on any atom is 0.0697 e. The molecule has 1 fully saturated rings. The van der Waals surface area contributed by atoms with Gasteiger partial charge < -0.3 is 5.32 Å². The van der Waals surface area contributed by atoms with E-state index in [1.807, 2.05) is 13.8 Å². The minimum absolute atomic E-state index is 0.279.